The Kier molecular flexibility index (Phi) is 13.1. The number of carboxylic acids is 1. The van der Waals surface area contributed by atoms with Gasteiger partial charge in [0, 0.05) is 25.9 Å². The number of rotatable bonds is 16. The molecule has 0 radical (unpaired) electrons. The first-order valence-electron chi connectivity index (χ1n) is 15.4. The van der Waals surface area contributed by atoms with Gasteiger partial charge in [0.15, 0.2) is 0 Å². The highest BCUT2D eigenvalue weighted by molar-refractivity contribution is 5.94. The monoisotopic (exact) mass is 586 g/mol. The van der Waals surface area contributed by atoms with Crippen molar-refractivity contribution in [2.24, 2.45) is 0 Å². The minimum atomic E-state index is -1.22. The fraction of sp³-hybridized carbons (Fsp3) is 0.645. The summed E-state index contributed by atoms with van der Waals surface area (Å²) in [5, 5.41) is 23.9. The van der Waals surface area contributed by atoms with Crippen molar-refractivity contribution < 1.29 is 34.2 Å². The number of aromatic hydroxyl groups is 1. The first-order chi connectivity index (χ1) is 20.2. The van der Waals surface area contributed by atoms with E-state index in [1.807, 2.05) is 0 Å². The van der Waals surface area contributed by atoms with Crippen LogP contribution in [0.4, 0.5) is 0 Å². The number of phenols is 1. The van der Waals surface area contributed by atoms with Crippen LogP contribution in [-0.2, 0) is 30.4 Å². The van der Waals surface area contributed by atoms with Crippen molar-refractivity contribution in [3.05, 3.63) is 29.8 Å². The topological polar surface area (TPSA) is 156 Å². The van der Waals surface area contributed by atoms with Gasteiger partial charge in [-0.3, -0.25) is 19.2 Å². The number of carboxylic acid groups (broad SMARTS) is 1. The number of nitrogens with zero attached hydrogens (tertiary/aromatic N) is 2. The lowest BCUT2D eigenvalue weighted by molar-refractivity contribution is -0.146. The predicted octanol–water partition coefficient (Wildman–Crippen LogP) is 2.74. The molecular weight excluding hydrogens is 540 g/mol. The highest BCUT2D eigenvalue weighted by Crippen LogP contribution is 2.26. The molecule has 3 atom stereocenters. The number of carbonyl (C=O) groups excluding carboxylic acids is 4. The lowest BCUT2D eigenvalue weighted by Crippen LogP contribution is -2.54. The summed E-state index contributed by atoms with van der Waals surface area (Å²) in [7, 11) is 0. The molecule has 1 aromatic rings. The van der Waals surface area contributed by atoms with E-state index in [0.717, 1.165) is 25.7 Å². The zero-order valence-corrected chi connectivity index (χ0v) is 24.7. The summed E-state index contributed by atoms with van der Waals surface area (Å²) in [6.45, 7) is 2.71. The summed E-state index contributed by atoms with van der Waals surface area (Å²) in [5.74, 6) is -2.53. The standard InChI is InChI=1S/C31H46N4O7/c1-2-3-4-5-6-7-8-13-28(38)34-18-10-12-26(34)30(40)35-19-9-11-25(35)29(39)32-21-27(37)33-24(31(41)42)20-22-14-16-23(36)17-15-22/h14-17,24-26,36H,2-13,18-21H2,1H3,(H,32,39)(H,33,37)(H,41,42)/t24-,25-,26-/m0/s1. The fourth-order valence-electron chi connectivity index (χ4n) is 5.79. The van der Waals surface area contributed by atoms with E-state index >= 15 is 0 Å². The summed E-state index contributed by atoms with van der Waals surface area (Å²) < 4.78 is 0. The number of hydrogen-bond donors (Lipinski definition) is 4. The third-order valence-corrected chi connectivity index (χ3v) is 8.12. The fourth-order valence-corrected chi connectivity index (χ4v) is 5.79. The molecule has 2 saturated heterocycles. The van der Waals surface area contributed by atoms with Crippen molar-refractivity contribution in [1.29, 1.82) is 0 Å². The van der Waals surface area contributed by atoms with Gasteiger partial charge in [-0.05, 0) is 49.8 Å². The second-order valence-corrected chi connectivity index (χ2v) is 11.4. The molecule has 2 fully saturated rings. The maximum Gasteiger partial charge on any atom is 0.326 e. The summed E-state index contributed by atoms with van der Waals surface area (Å²) >= 11 is 0. The molecule has 2 aliphatic rings. The number of likely N-dealkylation sites (tertiary alicyclic amines) is 2. The van der Waals surface area contributed by atoms with Crippen molar-refractivity contribution in [3.63, 3.8) is 0 Å². The number of amides is 4. The van der Waals surface area contributed by atoms with E-state index in [1.165, 1.54) is 42.7 Å². The van der Waals surface area contributed by atoms with Crippen molar-refractivity contribution in [1.82, 2.24) is 20.4 Å². The molecule has 0 unspecified atom stereocenters. The molecule has 0 saturated carbocycles. The molecular formula is C31H46N4O7. The third-order valence-electron chi connectivity index (χ3n) is 8.12. The van der Waals surface area contributed by atoms with Crippen LogP contribution in [0.1, 0.15) is 89.5 Å². The molecule has 0 spiro atoms. The van der Waals surface area contributed by atoms with Crippen LogP contribution in [0.15, 0.2) is 24.3 Å². The van der Waals surface area contributed by atoms with Crippen LogP contribution in [0.3, 0.4) is 0 Å². The summed E-state index contributed by atoms with van der Waals surface area (Å²) in [6, 6.07) is 3.49. The van der Waals surface area contributed by atoms with E-state index in [9.17, 15) is 34.2 Å². The van der Waals surface area contributed by atoms with Gasteiger partial charge in [-0.25, -0.2) is 4.79 Å². The molecule has 11 heteroatoms. The summed E-state index contributed by atoms with van der Waals surface area (Å²) in [6.07, 6.45) is 10.7. The molecule has 4 amide bonds. The third kappa shape index (κ3) is 9.73. The minimum Gasteiger partial charge on any atom is -0.508 e. The second kappa shape index (κ2) is 16.7. The van der Waals surface area contributed by atoms with E-state index in [2.05, 4.69) is 17.6 Å². The molecule has 11 nitrogen and oxygen atoms in total. The number of hydrogen-bond acceptors (Lipinski definition) is 6. The molecule has 42 heavy (non-hydrogen) atoms. The van der Waals surface area contributed by atoms with E-state index in [4.69, 9.17) is 0 Å². The number of phenolic OH excluding ortho intramolecular Hbond substituents is 1. The van der Waals surface area contributed by atoms with E-state index < -0.39 is 42.5 Å². The van der Waals surface area contributed by atoms with Crippen LogP contribution in [0.2, 0.25) is 0 Å². The largest absolute Gasteiger partial charge is 0.508 e. The number of aliphatic carboxylic acids is 1. The SMILES string of the molecule is CCCCCCCCCC(=O)N1CCC[C@H]1C(=O)N1CCC[C@H]1C(=O)NCC(=O)N[C@@H](Cc1ccc(O)cc1)C(=O)O. The quantitative estimate of drug-likeness (QED) is 0.217. The molecule has 0 bridgehead atoms. The van der Waals surface area contributed by atoms with Gasteiger partial charge in [-0.15, -0.1) is 0 Å². The highest BCUT2D eigenvalue weighted by atomic mass is 16.4. The highest BCUT2D eigenvalue weighted by Gasteiger charge is 2.42. The van der Waals surface area contributed by atoms with E-state index in [-0.39, 0.29) is 24.0 Å². The van der Waals surface area contributed by atoms with Crippen molar-refractivity contribution in [2.45, 2.75) is 109 Å². The number of nitrogens with one attached hydrogen (secondary N) is 2. The maximum absolute atomic E-state index is 13.5. The minimum absolute atomic E-state index is 0.00318. The zero-order chi connectivity index (χ0) is 30.5. The summed E-state index contributed by atoms with van der Waals surface area (Å²) in [4.78, 5) is 66.8. The van der Waals surface area contributed by atoms with Gasteiger partial charge in [-0.1, -0.05) is 57.6 Å². The number of carbonyl (C=O) groups is 5. The van der Waals surface area contributed by atoms with Gasteiger partial charge in [0.1, 0.15) is 23.9 Å². The molecule has 2 aliphatic heterocycles. The molecule has 0 aromatic heterocycles. The Morgan fingerprint density at radius 2 is 1.50 bits per heavy atom. The predicted molar refractivity (Wildman–Crippen MR) is 156 cm³/mol. The first kappa shape index (κ1) is 32.9. The van der Waals surface area contributed by atoms with Gasteiger partial charge in [0.05, 0.1) is 6.54 Å². The van der Waals surface area contributed by atoms with Crippen LogP contribution in [0, 0.1) is 0 Å². The van der Waals surface area contributed by atoms with Crippen molar-refractivity contribution in [3.8, 4) is 5.75 Å². The Hall–Kier alpha value is -3.63. The Labute approximate surface area is 248 Å². The Morgan fingerprint density at radius 3 is 2.17 bits per heavy atom. The summed E-state index contributed by atoms with van der Waals surface area (Å²) in [5.41, 5.74) is 0.617. The molecule has 2 heterocycles. The average molecular weight is 587 g/mol. The van der Waals surface area contributed by atoms with Gasteiger partial charge < -0.3 is 30.6 Å². The molecule has 1 aromatic carbocycles. The molecule has 0 aliphatic carbocycles. The maximum atomic E-state index is 13.5. The van der Waals surface area contributed by atoms with Gasteiger partial charge in [0.25, 0.3) is 0 Å². The van der Waals surface area contributed by atoms with Gasteiger partial charge >= 0.3 is 5.97 Å². The van der Waals surface area contributed by atoms with Crippen LogP contribution < -0.4 is 10.6 Å². The number of unbranched alkanes of at least 4 members (excludes halogenated alkanes) is 6. The van der Waals surface area contributed by atoms with Crippen molar-refractivity contribution >= 4 is 29.6 Å². The van der Waals surface area contributed by atoms with Crippen LogP contribution >= 0.6 is 0 Å². The van der Waals surface area contributed by atoms with Crippen LogP contribution in [0.25, 0.3) is 0 Å². The van der Waals surface area contributed by atoms with Gasteiger partial charge in [0.2, 0.25) is 23.6 Å². The Morgan fingerprint density at radius 1 is 0.881 bits per heavy atom. The Bertz CT molecular complexity index is 1080. The lowest BCUT2D eigenvalue weighted by Gasteiger charge is -2.31. The first-order valence-corrected chi connectivity index (χ1v) is 15.4. The van der Waals surface area contributed by atoms with Crippen molar-refractivity contribution in [2.75, 3.05) is 19.6 Å². The van der Waals surface area contributed by atoms with Gasteiger partial charge in [-0.2, -0.15) is 0 Å². The number of benzene rings is 1. The zero-order valence-electron chi connectivity index (χ0n) is 24.7. The van der Waals surface area contributed by atoms with E-state index in [1.54, 1.807) is 17.0 Å². The van der Waals surface area contributed by atoms with Crippen LogP contribution in [0.5, 0.6) is 5.75 Å². The second-order valence-electron chi connectivity index (χ2n) is 11.4. The molecule has 3 rings (SSSR count). The normalized spacial score (nSPS) is 19.0. The average Bonchev–Trinajstić information content (AvgIpc) is 3.66. The Balaban J connectivity index is 1.47. The van der Waals surface area contributed by atoms with Crippen LogP contribution in [-0.4, -0.2) is 87.4 Å². The lowest BCUT2D eigenvalue weighted by atomic mass is 10.1. The molecule has 4 N–H and O–H groups in total. The molecule has 232 valence electrons. The van der Waals surface area contributed by atoms with E-state index in [0.29, 0.717) is 44.3 Å². The smallest absolute Gasteiger partial charge is 0.326 e.